The quantitative estimate of drug-likeness (QED) is 0.478. The van der Waals surface area contributed by atoms with Crippen LogP contribution in [-0.2, 0) is 6.54 Å². The van der Waals surface area contributed by atoms with Gasteiger partial charge >= 0.3 is 0 Å². The van der Waals surface area contributed by atoms with Gasteiger partial charge in [-0.2, -0.15) is 5.26 Å². The summed E-state index contributed by atoms with van der Waals surface area (Å²) >= 11 is 0. The van der Waals surface area contributed by atoms with E-state index in [2.05, 4.69) is 11.1 Å². The molecule has 0 bridgehead atoms. The number of nitrogens with zero attached hydrogens (tertiary/aromatic N) is 2. The fraction of sp³-hybridized carbons (Fsp3) is 0.0400. The highest BCUT2D eigenvalue weighted by Crippen LogP contribution is 2.35. The van der Waals surface area contributed by atoms with Crippen molar-refractivity contribution in [2.75, 3.05) is 0 Å². The van der Waals surface area contributed by atoms with Crippen LogP contribution in [0, 0.1) is 11.3 Å². The Kier molecular flexibility index (Phi) is 4.00. The summed E-state index contributed by atoms with van der Waals surface area (Å²) in [5, 5.41) is 11.9. The maximum absolute atomic E-state index is 13.4. The first kappa shape index (κ1) is 17.0. The van der Waals surface area contributed by atoms with Crippen LogP contribution in [0.25, 0.3) is 32.9 Å². The van der Waals surface area contributed by atoms with Crippen LogP contribution in [0.3, 0.4) is 0 Å². The lowest BCUT2D eigenvalue weighted by molar-refractivity contribution is 0.755. The van der Waals surface area contributed by atoms with Gasteiger partial charge in [0.2, 0.25) is 0 Å². The number of benzene rings is 3. The van der Waals surface area contributed by atoms with Gasteiger partial charge in [-0.1, -0.05) is 78.9 Å². The maximum atomic E-state index is 13.4. The Morgan fingerprint density at radius 2 is 1.52 bits per heavy atom. The van der Waals surface area contributed by atoms with E-state index in [4.69, 9.17) is 0 Å². The summed E-state index contributed by atoms with van der Waals surface area (Å²) < 4.78 is 1.58. The van der Waals surface area contributed by atoms with Gasteiger partial charge < -0.3 is 4.98 Å². The Morgan fingerprint density at radius 1 is 0.862 bits per heavy atom. The number of nitrogens with one attached hydrogen (secondary N) is 1. The van der Waals surface area contributed by atoms with E-state index in [9.17, 15) is 10.1 Å². The average Bonchev–Trinajstić information content (AvgIpc) is 3.16. The second-order valence-electron chi connectivity index (χ2n) is 7.00. The molecule has 0 radical (unpaired) electrons. The zero-order valence-corrected chi connectivity index (χ0v) is 15.6. The first-order chi connectivity index (χ1) is 14.3. The van der Waals surface area contributed by atoms with E-state index in [1.165, 1.54) is 0 Å². The van der Waals surface area contributed by atoms with Crippen molar-refractivity contribution in [1.82, 2.24) is 9.55 Å². The van der Waals surface area contributed by atoms with Gasteiger partial charge in [0, 0.05) is 21.9 Å². The highest BCUT2D eigenvalue weighted by molar-refractivity contribution is 6.14. The van der Waals surface area contributed by atoms with Crippen LogP contribution in [0.2, 0.25) is 0 Å². The first-order valence-electron chi connectivity index (χ1n) is 9.44. The van der Waals surface area contributed by atoms with E-state index < -0.39 is 0 Å². The van der Waals surface area contributed by atoms with Crippen molar-refractivity contribution in [1.29, 1.82) is 5.26 Å². The number of pyridine rings is 1. The zero-order valence-electron chi connectivity index (χ0n) is 15.6. The molecule has 0 aliphatic carbocycles. The molecular weight excluding hydrogens is 358 g/mol. The van der Waals surface area contributed by atoms with E-state index in [0.29, 0.717) is 17.8 Å². The number of aromatic nitrogens is 2. The van der Waals surface area contributed by atoms with Gasteiger partial charge in [0.25, 0.3) is 5.56 Å². The molecule has 138 valence electrons. The van der Waals surface area contributed by atoms with E-state index in [0.717, 1.165) is 33.0 Å². The highest BCUT2D eigenvalue weighted by Gasteiger charge is 2.21. The standard InChI is InChI=1S/C25H17N3O/c26-15-21-22(18-11-5-2-6-12-18)23-19-13-7-8-14-20(19)27-24(23)25(29)28(21)16-17-9-3-1-4-10-17/h1-14,27H,16H2. The molecule has 0 spiro atoms. The largest absolute Gasteiger partial charge is 0.350 e. The summed E-state index contributed by atoms with van der Waals surface area (Å²) in [6.45, 7) is 0.341. The summed E-state index contributed by atoms with van der Waals surface area (Å²) in [5.74, 6) is 0. The van der Waals surface area contributed by atoms with Gasteiger partial charge in [0.1, 0.15) is 17.3 Å². The number of hydrogen-bond donors (Lipinski definition) is 1. The Balaban J connectivity index is 1.94. The number of hydrogen-bond acceptors (Lipinski definition) is 2. The zero-order chi connectivity index (χ0) is 19.8. The Bertz CT molecular complexity index is 1440. The Morgan fingerprint density at radius 3 is 2.24 bits per heavy atom. The van der Waals surface area contributed by atoms with Crippen molar-refractivity contribution in [3.05, 3.63) is 107 Å². The van der Waals surface area contributed by atoms with Crippen LogP contribution in [0.4, 0.5) is 0 Å². The van der Waals surface area contributed by atoms with Crippen LogP contribution in [-0.4, -0.2) is 9.55 Å². The van der Waals surface area contributed by atoms with Crippen LogP contribution in [0.5, 0.6) is 0 Å². The molecule has 2 aromatic heterocycles. The molecule has 2 heterocycles. The monoisotopic (exact) mass is 375 g/mol. The van der Waals surface area contributed by atoms with E-state index in [-0.39, 0.29) is 5.56 Å². The van der Waals surface area contributed by atoms with E-state index >= 15 is 0 Å². The van der Waals surface area contributed by atoms with E-state index in [1.807, 2.05) is 84.9 Å². The van der Waals surface area contributed by atoms with Gasteiger partial charge in [0.15, 0.2) is 0 Å². The van der Waals surface area contributed by atoms with Crippen molar-refractivity contribution in [2.45, 2.75) is 6.54 Å². The fourth-order valence-corrected chi connectivity index (χ4v) is 3.97. The van der Waals surface area contributed by atoms with Crippen LogP contribution >= 0.6 is 0 Å². The molecule has 5 aromatic rings. The molecule has 4 heteroatoms. The Hall–Kier alpha value is -4.10. The minimum atomic E-state index is -0.184. The molecule has 0 saturated heterocycles. The molecule has 0 amide bonds. The molecule has 1 N–H and O–H groups in total. The normalized spacial score (nSPS) is 11.0. The lowest BCUT2D eigenvalue weighted by atomic mass is 9.97. The molecule has 0 fully saturated rings. The highest BCUT2D eigenvalue weighted by atomic mass is 16.1. The lowest BCUT2D eigenvalue weighted by Crippen LogP contribution is -2.24. The van der Waals surface area contributed by atoms with Crippen molar-refractivity contribution in [2.24, 2.45) is 0 Å². The summed E-state index contributed by atoms with van der Waals surface area (Å²) in [4.78, 5) is 16.7. The molecule has 4 nitrogen and oxygen atoms in total. The summed E-state index contributed by atoms with van der Waals surface area (Å²) in [5.41, 5.74) is 4.29. The molecule has 0 unspecified atom stereocenters. The summed E-state index contributed by atoms with van der Waals surface area (Å²) in [6, 6.07) is 29.7. The van der Waals surface area contributed by atoms with Crippen molar-refractivity contribution in [3.8, 4) is 17.2 Å². The average molecular weight is 375 g/mol. The number of aromatic amines is 1. The van der Waals surface area contributed by atoms with E-state index in [1.54, 1.807) is 4.57 Å². The summed E-state index contributed by atoms with van der Waals surface area (Å²) in [7, 11) is 0. The second-order valence-corrected chi connectivity index (χ2v) is 7.00. The third-order valence-corrected chi connectivity index (χ3v) is 5.27. The molecule has 0 aliphatic rings. The predicted octanol–water partition coefficient (Wildman–Crippen LogP) is 5.07. The number of nitriles is 1. The third kappa shape index (κ3) is 2.72. The van der Waals surface area contributed by atoms with Crippen molar-refractivity contribution in [3.63, 3.8) is 0 Å². The number of rotatable bonds is 3. The molecule has 29 heavy (non-hydrogen) atoms. The van der Waals surface area contributed by atoms with Crippen LogP contribution < -0.4 is 5.56 Å². The third-order valence-electron chi connectivity index (χ3n) is 5.27. The molecule has 0 aliphatic heterocycles. The lowest BCUT2D eigenvalue weighted by Gasteiger charge is -2.14. The predicted molar refractivity (Wildman–Crippen MR) is 116 cm³/mol. The topological polar surface area (TPSA) is 61.6 Å². The minimum absolute atomic E-state index is 0.184. The minimum Gasteiger partial charge on any atom is -0.350 e. The number of fused-ring (bicyclic) bond motifs is 3. The number of H-pyrrole nitrogens is 1. The van der Waals surface area contributed by atoms with Gasteiger partial charge in [0.05, 0.1) is 6.54 Å². The van der Waals surface area contributed by atoms with Gasteiger partial charge in [-0.05, 0) is 17.2 Å². The second kappa shape index (κ2) is 6.81. The van der Waals surface area contributed by atoms with Crippen LogP contribution in [0.1, 0.15) is 11.3 Å². The summed E-state index contributed by atoms with van der Waals surface area (Å²) in [6.07, 6.45) is 0. The fourth-order valence-electron chi connectivity index (χ4n) is 3.97. The van der Waals surface area contributed by atoms with Gasteiger partial charge in [-0.25, -0.2) is 0 Å². The number of para-hydroxylation sites is 1. The SMILES string of the molecule is N#Cc1c(-c2ccccc2)c2c([nH]c3ccccc32)c(=O)n1Cc1ccccc1. The van der Waals surface area contributed by atoms with Crippen molar-refractivity contribution >= 4 is 21.8 Å². The Labute approximate surface area is 167 Å². The van der Waals surface area contributed by atoms with Crippen LogP contribution in [0.15, 0.2) is 89.7 Å². The molecule has 5 rings (SSSR count). The molecular formula is C25H17N3O. The maximum Gasteiger partial charge on any atom is 0.276 e. The smallest absolute Gasteiger partial charge is 0.276 e. The first-order valence-corrected chi connectivity index (χ1v) is 9.44. The molecule has 0 saturated carbocycles. The van der Waals surface area contributed by atoms with Gasteiger partial charge in [-0.15, -0.1) is 0 Å². The molecule has 3 aromatic carbocycles. The van der Waals surface area contributed by atoms with Crippen molar-refractivity contribution < 1.29 is 0 Å². The van der Waals surface area contributed by atoms with Gasteiger partial charge in [-0.3, -0.25) is 9.36 Å². The molecule has 0 atom stereocenters.